The third-order valence-corrected chi connectivity index (χ3v) is 4.74. The Hall–Kier alpha value is -2.44. The first-order chi connectivity index (χ1) is 13.1. The van der Waals surface area contributed by atoms with Crippen molar-refractivity contribution in [3.05, 3.63) is 18.2 Å². The van der Waals surface area contributed by atoms with Crippen LogP contribution in [0.5, 0.6) is 11.5 Å². The second-order valence-corrected chi connectivity index (χ2v) is 6.46. The Kier molecular flexibility index (Phi) is 8.23. The molecule has 1 heterocycles. The van der Waals surface area contributed by atoms with Gasteiger partial charge in [-0.1, -0.05) is 6.92 Å². The van der Waals surface area contributed by atoms with Gasteiger partial charge in [-0.25, -0.2) is 0 Å². The van der Waals surface area contributed by atoms with Crippen molar-refractivity contribution in [3.8, 4) is 11.5 Å². The Balaban J connectivity index is 1.90. The van der Waals surface area contributed by atoms with Gasteiger partial charge in [0, 0.05) is 44.4 Å². The summed E-state index contributed by atoms with van der Waals surface area (Å²) in [5, 5.41) is 6.60. The molecule has 150 valence electrons. The highest BCUT2D eigenvalue weighted by Crippen LogP contribution is 2.30. The van der Waals surface area contributed by atoms with Gasteiger partial charge in [0.2, 0.25) is 5.91 Å². The molecule has 0 aliphatic carbocycles. The van der Waals surface area contributed by atoms with E-state index in [0.29, 0.717) is 30.5 Å². The van der Waals surface area contributed by atoms with E-state index in [0.717, 1.165) is 38.0 Å². The molecular formula is C20H32N4O3. The molecular weight excluding hydrogens is 344 g/mol. The molecule has 1 aliphatic heterocycles. The quantitative estimate of drug-likeness (QED) is 0.512. The summed E-state index contributed by atoms with van der Waals surface area (Å²) in [7, 11) is 3.37. The maximum absolute atomic E-state index is 12.0. The number of nitrogens with zero attached hydrogens (tertiary/aromatic N) is 2. The summed E-state index contributed by atoms with van der Waals surface area (Å²) in [5.41, 5.74) is 0.870. The first-order valence-electron chi connectivity index (χ1n) is 9.70. The first kappa shape index (κ1) is 20.9. The van der Waals surface area contributed by atoms with Crippen molar-refractivity contribution >= 4 is 17.6 Å². The largest absolute Gasteiger partial charge is 0.493 e. The van der Waals surface area contributed by atoms with Crippen molar-refractivity contribution in [2.24, 2.45) is 4.99 Å². The van der Waals surface area contributed by atoms with E-state index in [1.807, 2.05) is 30.0 Å². The molecule has 1 atom stereocenters. The summed E-state index contributed by atoms with van der Waals surface area (Å²) in [5.74, 6) is 2.36. The number of hydrogen-bond acceptors (Lipinski definition) is 4. The summed E-state index contributed by atoms with van der Waals surface area (Å²) in [4.78, 5) is 18.3. The van der Waals surface area contributed by atoms with Gasteiger partial charge in [-0.3, -0.25) is 9.79 Å². The molecule has 1 fully saturated rings. The minimum absolute atomic E-state index is 0.283. The van der Waals surface area contributed by atoms with Crippen molar-refractivity contribution < 1.29 is 14.3 Å². The Morgan fingerprint density at radius 2 is 2.15 bits per heavy atom. The Morgan fingerprint density at radius 3 is 2.74 bits per heavy atom. The van der Waals surface area contributed by atoms with Gasteiger partial charge < -0.3 is 25.0 Å². The summed E-state index contributed by atoms with van der Waals surface area (Å²) < 4.78 is 10.9. The molecule has 2 N–H and O–H groups in total. The molecule has 1 saturated heterocycles. The minimum Gasteiger partial charge on any atom is -0.493 e. The highest BCUT2D eigenvalue weighted by atomic mass is 16.5. The number of aliphatic imine (C=N–C) groups is 1. The van der Waals surface area contributed by atoms with E-state index in [9.17, 15) is 4.79 Å². The standard InChI is InChI=1S/C20H32N4O3/c1-5-16(24-13-7-8-19(24)25)11-12-22-20(21-3)23-15-9-10-17(26-4)18(14-15)27-6-2/h9-10,14,16H,5-8,11-13H2,1-4H3,(H2,21,22,23). The molecule has 1 aromatic carbocycles. The third kappa shape index (κ3) is 5.77. The van der Waals surface area contributed by atoms with Crippen LogP contribution in [0.2, 0.25) is 0 Å². The molecule has 0 aromatic heterocycles. The number of amides is 1. The predicted molar refractivity (Wildman–Crippen MR) is 109 cm³/mol. The lowest BCUT2D eigenvalue weighted by atomic mass is 10.1. The van der Waals surface area contributed by atoms with Crippen molar-refractivity contribution in [2.45, 2.75) is 45.6 Å². The number of rotatable bonds is 9. The van der Waals surface area contributed by atoms with Crippen molar-refractivity contribution in [2.75, 3.05) is 39.2 Å². The highest BCUT2D eigenvalue weighted by molar-refractivity contribution is 5.93. The molecule has 2 rings (SSSR count). The molecule has 0 spiro atoms. The van der Waals surface area contributed by atoms with E-state index < -0.39 is 0 Å². The van der Waals surface area contributed by atoms with Crippen LogP contribution in [-0.2, 0) is 4.79 Å². The lowest BCUT2D eigenvalue weighted by Crippen LogP contribution is -2.39. The van der Waals surface area contributed by atoms with E-state index in [1.54, 1.807) is 14.2 Å². The number of carbonyl (C=O) groups is 1. The van der Waals surface area contributed by atoms with Gasteiger partial charge in [-0.05, 0) is 38.3 Å². The number of carbonyl (C=O) groups excluding carboxylic acids is 1. The Morgan fingerprint density at radius 1 is 1.33 bits per heavy atom. The van der Waals surface area contributed by atoms with Crippen LogP contribution in [0.15, 0.2) is 23.2 Å². The maximum Gasteiger partial charge on any atom is 0.222 e. The second kappa shape index (κ2) is 10.6. The zero-order valence-electron chi connectivity index (χ0n) is 16.9. The van der Waals surface area contributed by atoms with Crippen LogP contribution in [-0.4, -0.2) is 56.7 Å². The first-order valence-corrected chi connectivity index (χ1v) is 9.70. The van der Waals surface area contributed by atoms with Crippen molar-refractivity contribution in [1.29, 1.82) is 0 Å². The summed E-state index contributed by atoms with van der Waals surface area (Å²) in [6.45, 7) is 6.28. The normalized spacial score (nSPS) is 15.6. The number of nitrogens with one attached hydrogen (secondary N) is 2. The lowest BCUT2D eigenvalue weighted by molar-refractivity contribution is -0.129. The van der Waals surface area contributed by atoms with Crippen molar-refractivity contribution in [1.82, 2.24) is 10.2 Å². The fraction of sp³-hybridized carbons (Fsp3) is 0.600. The van der Waals surface area contributed by atoms with Crippen LogP contribution in [0.1, 0.15) is 39.5 Å². The molecule has 0 radical (unpaired) electrons. The van der Waals surface area contributed by atoms with E-state index in [4.69, 9.17) is 9.47 Å². The Labute approximate surface area is 162 Å². The molecule has 0 bridgehead atoms. The van der Waals surface area contributed by atoms with Gasteiger partial charge in [-0.15, -0.1) is 0 Å². The average molecular weight is 377 g/mol. The van der Waals surface area contributed by atoms with Gasteiger partial charge in [0.15, 0.2) is 17.5 Å². The number of anilines is 1. The topological polar surface area (TPSA) is 75.2 Å². The van der Waals surface area contributed by atoms with E-state index in [2.05, 4.69) is 22.5 Å². The molecule has 7 nitrogen and oxygen atoms in total. The number of hydrogen-bond donors (Lipinski definition) is 2. The minimum atomic E-state index is 0.283. The van der Waals surface area contributed by atoms with Crippen molar-refractivity contribution in [3.63, 3.8) is 0 Å². The van der Waals surface area contributed by atoms with Gasteiger partial charge in [-0.2, -0.15) is 0 Å². The number of ether oxygens (including phenoxy) is 2. The highest BCUT2D eigenvalue weighted by Gasteiger charge is 2.26. The molecule has 27 heavy (non-hydrogen) atoms. The van der Waals surface area contributed by atoms with Crippen LogP contribution < -0.4 is 20.1 Å². The molecule has 1 aliphatic rings. The predicted octanol–water partition coefficient (Wildman–Crippen LogP) is 2.87. The number of guanidine groups is 1. The van der Waals surface area contributed by atoms with Gasteiger partial charge in [0.25, 0.3) is 0 Å². The fourth-order valence-electron chi connectivity index (χ4n) is 3.33. The van der Waals surface area contributed by atoms with E-state index >= 15 is 0 Å². The summed E-state index contributed by atoms with van der Waals surface area (Å²) in [6.07, 6.45) is 3.53. The second-order valence-electron chi connectivity index (χ2n) is 6.46. The molecule has 0 saturated carbocycles. The summed E-state index contributed by atoms with van der Waals surface area (Å²) >= 11 is 0. The van der Waals surface area contributed by atoms with Gasteiger partial charge in [0.1, 0.15) is 0 Å². The van der Waals surface area contributed by atoms with Crippen LogP contribution in [0.25, 0.3) is 0 Å². The van der Waals surface area contributed by atoms with Crippen LogP contribution >= 0.6 is 0 Å². The number of benzene rings is 1. The molecule has 7 heteroatoms. The zero-order chi connectivity index (χ0) is 19.6. The zero-order valence-corrected chi connectivity index (χ0v) is 16.9. The third-order valence-electron chi connectivity index (χ3n) is 4.74. The Bertz CT molecular complexity index is 648. The van der Waals surface area contributed by atoms with Gasteiger partial charge in [0.05, 0.1) is 13.7 Å². The lowest BCUT2D eigenvalue weighted by Gasteiger charge is -2.27. The smallest absolute Gasteiger partial charge is 0.222 e. The van der Waals surface area contributed by atoms with Crippen LogP contribution in [0.3, 0.4) is 0 Å². The molecule has 1 amide bonds. The average Bonchev–Trinajstić information content (AvgIpc) is 3.10. The fourth-order valence-corrected chi connectivity index (χ4v) is 3.33. The maximum atomic E-state index is 12.0. The number of methoxy groups -OCH3 is 1. The van der Waals surface area contributed by atoms with Crippen LogP contribution in [0.4, 0.5) is 5.69 Å². The number of likely N-dealkylation sites (tertiary alicyclic amines) is 1. The monoisotopic (exact) mass is 376 g/mol. The van der Waals surface area contributed by atoms with E-state index in [1.165, 1.54) is 0 Å². The molecule has 1 unspecified atom stereocenters. The van der Waals surface area contributed by atoms with E-state index in [-0.39, 0.29) is 11.9 Å². The summed E-state index contributed by atoms with van der Waals surface area (Å²) in [6, 6.07) is 5.97. The van der Waals surface area contributed by atoms with Gasteiger partial charge >= 0.3 is 0 Å². The SMILES string of the molecule is CCOc1cc(NC(=NC)NCCC(CC)N2CCCC2=O)ccc1OC. The molecule has 1 aromatic rings. The van der Waals surface area contributed by atoms with Crippen LogP contribution in [0, 0.1) is 0 Å².